The van der Waals surface area contributed by atoms with E-state index < -0.39 is 6.10 Å². The summed E-state index contributed by atoms with van der Waals surface area (Å²) < 4.78 is 0. The lowest BCUT2D eigenvalue weighted by Gasteiger charge is -2.17. The molecular formula is C10H16BrNO. The maximum atomic E-state index is 9.73. The third-order valence-electron chi connectivity index (χ3n) is 2.07. The van der Waals surface area contributed by atoms with E-state index in [2.05, 4.69) is 5.32 Å². The van der Waals surface area contributed by atoms with E-state index in [0.29, 0.717) is 0 Å². The van der Waals surface area contributed by atoms with Gasteiger partial charge in [-0.1, -0.05) is 30.3 Å². The van der Waals surface area contributed by atoms with Crippen LogP contribution in [0, 0.1) is 0 Å². The number of aliphatic hydroxyl groups is 1. The van der Waals surface area contributed by atoms with Crippen LogP contribution in [0.2, 0.25) is 0 Å². The molecule has 0 aromatic heterocycles. The molecule has 1 rings (SSSR count). The average Bonchev–Trinajstić information content (AvgIpc) is 2.17. The largest absolute Gasteiger partial charge is 0.387 e. The summed E-state index contributed by atoms with van der Waals surface area (Å²) in [7, 11) is 1.84. The van der Waals surface area contributed by atoms with Crippen LogP contribution in [0.15, 0.2) is 30.3 Å². The highest BCUT2D eigenvalue weighted by molar-refractivity contribution is 8.93. The molecule has 0 aliphatic rings. The van der Waals surface area contributed by atoms with Gasteiger partial charge in [0, 0.05) is 6.04 Å². The van der Waals surface area contributed by atoms with E-state index in [-0.39, 0.29) is 23.0 Å². The molecule has 0 bridgehead atoms. The molecular weight excluding hydrogens is 230 g/mol. The Bertz CT molecular complexity index is 228. The van der Waals surface area contributed by atoms with Crippen molar-refractivity contribution >= 4 is 17.0 Å². The van der Waals surface area contributed by atoms with Gasteiger partial charge in [0.2, 0.25) is 0 Å². The molecule has 74 valence electrons. The number of aliphatic hydroxyl groups excluding tert-OH is 1. The zero-order valence-electron chi connectivity index (χ0n) is 7.90. The molecule has 13 heavy (non-hydrogen) atoms. The van der Waals surface area contributed by atoms with Gasteiger partial charge in [-0.25, -0.2) is 0 Å². The smallest absolute Gasteiger partial charge is 0.0940 e. The maximum Gasteiger partial charge on any atom is 0.0940 e. The van der Waals surface area contributed by atoms with Gasteiger partial charge in [-0.2, -0.15) is 0 Å². The molecule has 0 saturated carbocycles. The summed E-state index contributed by atoms with van der Waals surface area (Å²) in [5, 5.41) is 12.7. The first-order valence-corrected chi connectivity index (χ1v) is 4.16. The summed E-state index contributed by atoms with van der Waals surface area (Å²) in [4.78, 5) is 0. The zero-order chi connectivity index (χ0) is 8.97. The van der Waals surface area contributed by atoms with Gasteiger partial charge >= 0.3 is 0 Å². The van der Waals surface area contributed by atoms with Crippen LogP contribution in [0.1, 0.15) is 18.6 Å². The van der Waals surface area contributed by atoms with Crippen molar-refractivity contribution in [1.29, 1.82) is 0 Å². The average molecular weight is 246 g/mol. The van der Waals surface area contributed by atoms with E-state index in [1.165, 1.54) is 0 Å². The summed E-state index contributed by atoms with van der Waals surface area (Å²) in [5.41, 5.74) is 0.958. The Morgan fingerprint density at radius 2 is 1.77 bits per heavy atom. The maximum absolute atomic E-state index is 9.73. The molecule has 0 radical (unpaired) electrons. The SMILES string of the molecule is Br.CN[C@@H](C)[C@@H](O)c1ccccc1. The molecule has 2 atom stereocenters. The summed E-state index contributed by atoms with van der Waals surface area (Å²) in [6.07, 6.45) is -0.420. The fourth-order valence-corrected chi connectivity index (χ4v) is 1.10. The van der Waals surface area contributed by atoms with Crippen molar-refractivity contribution < 1.29 is 5.11 Å². The molecule has 0 aliphatic carbocycles. The van der Waals surface area contributed by atoms with E-state index in [1.807, 2.05) is 44.3 Å². The lowest BCUT2D eigenvalue weighted by atomic mass is 10.0. The van der Waals surface area contributed by atoms with Crippen LogP contribution >= 0.6 is 17.0 Å². The number of rotatable bonds is 3. The summed E-state index contributed by atoms with van der Waals surface area (Å²) in [6.45, 7) is 1.96. The van der Waals surface area contributed by atoms with Crippen LogP contribution in [0.3, 0.4) is 0 Å². The highest BCUT2D eigenvalue weighted by Crippen LogP contribution is 2.15. The van der Waals surface area contributed by atoms with Gasteiger partial charge in [0.25, 0.3) is 0 Å². The lowest BCUT2D eigenvalue weighted by molar-refractivity contribution is 0.140. The highest BCUT2D eigenvalue weighted by atomic mass is 79.9. The van der Waals surface area contributed by atoms with Gasteiger partial charge in [0.05, 0.1) is 6.10 Å². The normalized spacial score (nSPS) is 14.4. The molecule has 0 saturated heterocycles. The molecule has 0 amide bonds. The second kappa shape index (κ2) is 6.13. The predicted octanol–water partition coefficient (Wildman–Crippen LogP) is 1.91. The van der Waals surface area contributed by atoms with Gasteiger partial charge < -0.3 is 10.4 Å². The van der Waals surface area contributed by atoms with Crippen LogP contribution in [0.4, 0.5) is 0 Å². The Morgan fingerprint density at radius 3 is 2.23 bits per heavy atom. The number of halogens is 1. The van der Waals surface area contributed by atoms with Gasteiger partial charge in [-0.05, 0) is 19.5 Å². The van der Waals surface area contributed by atoms with Crippen LogP contribution < -0.4 is 5.32 Å². The van der Waals surface area contributed by atoms with Crippen molar-refractivity contribution in [2.75, 3.05) is 7.05 Å². The van der Waals surface area contributed by atoms with Crippen molar-refractivity contribution in [3.63, 3.8) is 0 Å². The topological polar surface area (TPSA) is 32.3 Å². The van der Waals surface area contributed by atoms with Gasteiger partial charge in [-0.15, -0.1) is 17.0 Å². The monoisotopic (exact) mass is 245 g/mol. The zero-order valence-corrected chi connectivity index (χ0v) is 9.61. The molecule has 2 nitrogen and oxygen atoms in total. The number of hydrogen-bond acceptors (Lipinski definition) is 2. The minimum atomic E-state index is -0.420. The summed E-state index contributed by atoms with van der Waals surface area (Å²) in [5.74, 6) is 0. The molecule has 0 fully saturated rings. The minimum Gasteiger partial charge on any atom is -0.387 e. The van der Waals surface area contributed by atoms with Crippen molar-refractivity contribution in [1.82, 2.24) is 5.32 Å². The third-order valence-corrected chi connectivity index (χ3v) is 2.07. The molecule has 1 aromatic rings. The highest BCUT2D eigenvalue weighted by Gasteiger charge is 2.12. The second-order valence-corrected chi connectivity index (χ2v) is 2.93. The van der Waals surface area contributed by atoms with E-state index in [4.69, 9.17) is 0 Å². The molecule has 3 heteroatoms. The molecule has 0 aliphatic heterocycles. The Hall–Kier alpha value is -0.380. The Balaban J connectivity index is 0.00000144. The first-order chi connectivity index (χ1) is 5.75. The number of nitrogens with one attached hydrogen (secondary N) is 1. The van der Waals surface area contributed by atoms with Gasteiger partial charge in [-0.3, -0.25) is 0 Å². The van der Waals surface area contributed by atoms with E-state index in [0.717, 1.165) is 5.56 Å². The van der Waals surface area contributed by atoms with Gasteiger partial charge in [0.15, 0.2) is 0 Å². The molecule has 0 heterocycles. The van der Waals surface area contributed by atoms with E-state index >= 15 is 0 Å². The first kappa shape index (κ1) is 12.6. The van der Waals surface area contributed by atoms with E-state index in [9.17, 15) is 5.11 Å². The molecule has 0 spiro atoms. The van der Waals surface area contributed by atoms with Crippen molar-refractivity contribution in [3.05, 3.63) is 35.9 Å². The lowest BCUT2D eigenvalue weighted by Crippen LogP contribution is -2.28. The minimum absolute atomic E-state index is 0. The van der Waals surface area contributed by atoms with Crippen LogP contribution in [-0.4, -0.2) is 18.2 Å². The van der Waals surface area contributed by atoms with Crippen LogP contribution in [-0.2, 0) is 0 Å². The second-order valence-electron chi connectivity index (χ2n) is 2.93. The van der Waals surface area contributed by atoms with Crippen molar-refractivity contribution in [2.24, 2.45) is 0 Å². The number of hydrogen-bond donors (Lipinski definition) is 2. The predicted molar refractivity (Wildman–Crippen MR) is 60.2 cm³/mol. The number of benzene rings is 1. The Labute approximate surface area is 89.7 Å². The summed E-state index contributed by atoms with van der Waals surface area (Å²) >= 11 is 0. The van der Waals surface area contributed by atoms with E-state index in [1.54, 1.807) is 0 Å². The quantitative estimate of drug-likeness (QED) is 0.853. The van der Waals surface area contributed by atoms with Crippen LogP contribution in [0.5, 0.6) is 0 Å². The Kier molecular flexibility index (Phi) is 5.95. The fraction of sp³-hybridized carbons (Fsp3) is 0.400. The Morgan fingerprint density at radius 1 is 1.23 bits per heavy atom. The number of likely N-dealkylation sites (N-methyl/N-ethyl adjacent to an activating group) is 1. The fourth-order valence-electron chi connectivity index (χ4n) is 1.10. The molecule has 0 unspecified atom stereocenters. The molecule has 1 aromatic carbocycles. The summed E-state index contributed by atoms with van der Waals surface area (Å²) in [6, 6.07) is 9.76. The van der Waals surface area contributed by atoms with Crippen LogP contribution in [0.25, 0.3) is 0 Å². The van der Waals surface area contributed by atoms with Crippen molar-refractivity contribution in [2.45, 2.75) is 19.1 Å². The third kappa shape index (κ3) is 3.46. The van der Waals surface area contributed by atoms with Crippen molar-refractivity contribution in [3.8, 4) is 0 Å². The standard InChI is InChI=1S/C10H15NO.BrH/c1-8(11-2)10(12)9-6-4-3-5-7-9;/h3-8,10-12H,1-2H3;1H/t8-,10+;/m0./s1. The van der Waals surface area contributed by atoms with Gasteiger partial charge in [0.1, 0.15) is 0 Å². The first-order valence-electron chi connectivity index (χ1n) is 4.16. The molecule has 2 N–H and O–H groups in total.